The molecule has 2 aliphatic rings. The maximum Gasteiger partial charge on any atom is 0.282 e. The van der Waals surface area contributed by atoms with Crippen LogP contribution in [0, 0.1) is 0 Å². The number of nitrogens with zero attached hydrogens (tertiary/aromatic N) is 2. The SMILES string of the molecule is CCOc1cccc(NC2=C(c3ccccc3)C(=O)N(c3ccc(N4CCCCC4)cc3)C2=O)c1. The van der Waals surface area contributed by atoms with Crippen LogP contribution in [-0.4, -0.2) is 31.5 Å². The first-order valence-corrected chi connectivity index (χ1v) is 12.2. The fourth-order valence-electron chi connectivity index (χ4n) is 4.69. The van der Waals surface area contributed by atoms with Crippen LogP contribution in [0.2, 0.25) is 0 Å². The van der Waals surface area contributed by atoms with Crippen molar-refractivity contribution in [2.45, 2.75) is 26.2 Å². The molecule has 2 amide bonds. The van der Waals surface area contributed by atoms with Gasteiger partial charge in [-0.1, -0.05) is 36.4 Å². The summed E-state index contributed by atoms with van der Waals surface area (Å²) >= 11 is 0. The number of piperidine rings is 1. The molecule has 0 unspecified atom stereocenters. The van der Waals surface area contributed by atoms with Crippen LogP contribution in [0.1, 0.15) is 31.7 Å². The van der Waals surface area contributed by atoms with Crippen LogP contribution < -0.4 is 19.9 Å². The fourth-order valence-corrected chi connectivity index (χ4v) is 4.69. The molecule has 0 aromatic heterocycles. The number of imide groups is 1. The molecule has 6 heteroatoms. The number of nitrogens with one attached hydrogen (secondary N) is 1. The van der Waals surface area contributed by atoms with E-state index in [4.69, 9.17) is 4.74 Å². The largest absolute Gasteiger partial charge is 0.494 e. The molecule has 6 nitrogen and oxygen atoms in total. The van der Waals surface area contributed by atoms with E-state index in [9.17, 15) is 9.59 Å². The lowest BCUT2D eigenvalue weighted by Gasteiger charge is -2.29. The van der Waals surface area contributed by atoms with E-state index in [2.05, 4.69) is 10.2 Å². The van der Waals surface area contributed by atoms with E-state index in [0.717, 1.165) is 18.8 Å². The second-order valence-electron chi connectivity index (χ2n) is 8.71. The summed E-state index contributed by atoms with van der Waals surface area (Å²) in [5.41, 5.74) is 3.68. The molecule has 35 heavy (non-hydrogen) atoms. The lowest BCUT2D eigenvalue weighted by atomic mass is 10.0. The Morgan fingerprint density at radius 1 is 0.800 bits per heavy atom. The molecule has 1 N–H and O–H groups in total. The van der Waals surface area contributed by atoms with Crippen molar-refractivity contribution < 1.29 is 14.3 Å². The van der Waals surface area contributed by atoms with Crippen LogP contribution in [0.3, 0.4) is 0 Å². The van der Waals surface area contributed by atoms with Crippen molar-refractivity contribution >= 4 is 34.4 Å². The molecule has 3 aromatic carbocycles. The third-order valence-electron chi connectivity index (χ3n) is 6.39. The van der Waals surface area contributed by atoms with Gasteiger partial charge in [-0.2, -0.15) is 0 Å². The Hall–Kier alpha value is -4.06. The molecule has 0 spiro atoms. The van der Waals surface area contributed by atoms with Gasteiger partial charge >= 0.3 is 0 Å². The maximum absolute atomic E-state index is 13.6. The second-order valence-corrected chi connectivity index (χ2v) is 8.71. The Morgan fingerprint density at radius 3 is 2.23 bits per heavy atom. The zero-order valence-electron chi connectivity index (χ0n) is 19.9. The maximum atomic E-state index is 13.6. The molecule has 0 bridgehead atoms. The highest BCUT2D eigenvalue weighted by Crippen LogP contribution is 2.35. The summed E-state index contributed by atoms with van der Waals surface area (Å²) in [6, 6.07) is 24.4. The van der Waals surface area contributed by atoms with Crippen molar-refractivity contribution in [1.29, 1.82) is 0 Å². The van der Waals surface area contributed by atoms with Crippen molar-refractivity contribution in [1.82, 2.24) is 0 Å². The monoisotopic (exact) mass is 467 g/mol. The van der Waals surface area contributed by atoms with Gasteiger partial charge in [0, 0.05) is 30.5 Å². The number of carbonyl (C=O) groups excluding carboxylic acids is 2. The Balaban J connectivity index is 1.48. The van der Waals surface area contributed by atoms with Gasteiger partial charge in [0.15, 0.2) is 0 Å². The van der Waals surface area contributed by atoms with E-state index in [1.54, 1.807) is 0 Å². The van der Waals surface area contributed by atoms with Crippen molar-refractivity contribution in [3.05, 3.63) is 90.1 Å². The first kappa shape index (κ1) is 22.7. The summed E-state index contributed by atoms with van der Waals surface area (Å²) in [5.74, 6) is -0.0157. The Labute approximate surface area is 205 Å². The average Bonchev–Trinajstić information content (AvgIpc) is 3.14. The van der Waals surface area contributed by atoms with Gasteiger partial charge in [0.25, 0.3) is 11.8 Å². The van der Waals surface area contributed by atoms with Crippen molar-refractivity contribution in [3.63, 3.8) is 0 Å². The van der Waals surface area contributed by atoms with Crippen molar-refractivity contribution in [2.75, 3.05) is 34.8 Å². The van der Waals surface area contributed by atoms with E-state index in [0.29, 0.717) is 34.9 Å². The van der Waals surface area contributed by atoms with Gasteiger partial charge in [0.1, 0.15) is 11.4 Å². The summed E-state index contributed by atoms with van der Waals surface area (Å²) in [7, 11) is 0. The van der Waals surface area contributed by atoms with Crippen LogP contribution in [0.4, 0.5) is 17.1 Å². The van der Waals surface area contributed by atoms with Gasteiger partial charge in [-0.05, 0) is 68.1 Å². The topological polar surface area (TPSA) is 61.9 Å². The Kier molecular flexibility index (Phi) is 6.53. The number of hydrogen-bond donors (Lipinski definition) is 1. The zero-order chi connectivity index (χ0) is 24.2. The molecular weight excluding hydrogens is 438 g/mol. The fraction of sp³-hybridized carbons (Fsp3) is 0.241. The molecule has 1 fully saturated rings. The number of rotatable bonds is 7. The molecule has 2 aliphatic heterocycles. The molecule has 1 saturated heterocycles. The summed E-state index contributed by atoms with van der Waals surface area (Å²) in [4.78, 5) is 30.9. The lowest BCUT2D eigenvalue weighted by Crippen LogP contribution is -2.32. The Morgan fingerprint density at radius 2 is 1.51 bits per heavy atom. The normalized spacial score (nSPS) is 16.1. The van der Waals surface area contributed by atoms with E-state index >= 15 is 0 Å². The number of anilines is 3. The van der Waals surface area contributed by atoms with Gasteiger partial charge in [-0.3, -0.25) is 9.59 Å². The van der Waals surface area contributed by atoms with Crippen molar-refractivity contribution in [3.8, 4) is 5.75 Å². The van der Waals surface area contributed by atoms with E-state index in [1.807, 2.05) is 85.8 Å². The Bertz CT molecular complexity index is 1250. The number of hydrogen-bond acceptors (Lipinski definition) is 5. The number of amides is 2. The van der Waals surface area contributed by atoms with Crippen LogP contribution in [0.25, 0.3) is 5.57 Å². The molecule has 0 saturated carbocycles. The van der Waals surface area contributed by atoms with Crippen LogP contribution >= 0.6 is 0 Å². The highest BCUT2D eigenvalue weighted by Gasteiger charge is 2.40. The van der Waals surface area contributed by atoms with Crippen molar-refractivity contribution in [2.24, 2.45) is 0 Å². The number of benzene rings is 3. The highest BCUT2D eigenvalue weighted by atomic mass is 16.5. The third kappa shape index (κ3) is 4.64. The quantitative estimate of drug-likeness (QED) is 0.467. The first-order valence-electron chi connectivity index (χ1n) is 12.2. The molecule has 5 rings (SSSR count). The van der Waals surface area contributed by atoms with E-state index < -0.39 is 0 Å². The van der Waals surface area contributed by atoms with Gasteiger partial charge < -0.3 is 15.0 Å². The summed E-state index contributed by atoms with van der Waals surface area (Å²) in [6.45, 7) is 4.54. The van der Waals surface area contributed by atoms with Crippen LogP contribution in [0.15, 0.2) is 84.6 Å². The molecule has 0 radical (unpaired) electrons. The predicted molar refractivity (Wildman–Crippen MR) is 140 cm³/mol. The third-order valence-corrected chi connectivity index (χ3v) is 6.39. The molecule has 2 heterocycles. The standard InChI is InChI=1S/C29H29N3O3/c1-2-35-25-13-9-12-22(20-25)30-27-26(21-10-5-3-6-11-21)28(33)32(29(27)34)24-16-14-23(15-17-24)31-18-7-4-8-19-31/h3,5-6,9-17,20,30H,2,4,7-8,18-19H2,1H3. The molecule has 0 atom stereocenters. The molecule has 3 aromatic rings. The van der Waals surface area contributed by atoms with E-state index in [1.165, 1.54) is 24.2 Å². The molecule has 178 valence electrons. The minimum Gasteiger partial charge on any atom is -0.494 e. The average molecular weight is 468 g/mol. The zero-order valence-corrected chi connectivity index (χ0v) is 19.9. The first-order chi connectivity index (χ1) is 17.2. The molecule has 0 aliphatic carbocycles. The van der Waals surface area contributed by atoms with Gasteiger partial charge in [-0.25, -0.2) is 4.90 Å². The van der Waals surface area contributed by atoms with Gasteiger partial charge in [0.05, 0.1) is 17.9 Å². The van der Waals surface area contributed by atoms with Crippen LogP contribution in [-0.2, 0) is 9.59 Å². The predicted octanol–water partition coefficient (Wildman–Crippen LogP) is 5.47. The smallest absolute Gasteiger partial charge is 0.282 e. The highest BCUT2D eigenvalue weighted by molar-refractivity contribution is 6.46. The van der Waals surface area contributed by atoms with Crippen LogP contribution in [0.5, 0.6) is 5.75 Å². The van der Waals surface area contributed by atoms with Gasteiger partial charge in [-0.15, -0.1) is 0 Å². The molecular formula is C29H29N3O3. The summed E-state index contributed by atoms with van der Waals surface area (Å²) in [5, 5.41) is 3.21. The lowest BCUT2D eigenvalue weighted by molar-refractivity contribution is -0.120. The minimum atomic E-state index is -0.374. The number of ether oxygens (including phenoxy) is 1. The summed E-state index contributed by atoms with van der Waals surface area (Å²) < 4.78 is 5.60. The number of carbonyl (C=O) groups is 2. The minimum absolute atomic E-state index is 0.259. The second kappa shape index (κ2) is 10.1. The van der Waals surface area contributed by atoms with E-state index in [-0.39, 0.29) is 17.5 Å². The summed E-state index contributed by atoms with van der Waals surface area (Å²) in [6.07, 6.45) is 3.64. The van der Waals surface area contributed by atoms with Gasteiger partial charge in [0.2, 0.25) is 0 Å².